The molecule has 1 aliphatic carbocycles. The maximum Gasteiger partial charge on any atom is 0.419 e. The molecule has 1 fully saturated rings. The molecule has 8 nitrogen and oxygen atoms in total. The van der Waals surface area contributed by atoms with Crippen molar-refractivity contribution in [2.45, 2.75) is 37.9 Å². The van der Waals surface area contributed by atoms with Gasteiger partial charge in [-0.15, -0.1) is 0 Å². The predicted octanol–water partition coefficient (Wildman–Crippen LogP) is 6.16. The van der Waals surface area contributed by atoms with E-state index in [-0.39, 0.29) is 34.6 Å². The topological polar surface area (TPSA) is 115 Å². The summed E-state index contributed by atoms with van der Waals surface area (Å²) < 4.78 is 54.4. The van der Waals surface area contributed by atoms with Gasteiger partial charge in [-0.25, -0.2) is 19.2 Å². The molecule has 2 heterocycles. The third kappa shape index (κ3) is 4.89. The van der Waals surface area contributed by atoms with Crippen LogP contribution in [0, 0.1) is 5.82 Å². The Morgan fingerprint density at radius 1 is 1.00 bits per heavy atom. The van der Waals surface area contributed by atoms with Crippen molar-refractivity contribution in [1.82, 2.24) is 14.5 Å². The zero-order valence-corrected chi connectivity index (χ0v) is 19.8. The van der Waals surface area contributed by atoms with E-state index in [2.05, 4.69) is 20.6 Å². The summed E-state index contributed by atoms with van der Waals surface area (Å²) in [6.45, 7) is 0. The van der Waals surface area contributed by atoms with Gasteiger partial charge in [0.1, 0.15) is 23.6 Å². The molecule has 0 aliphatic heterocycles. The maximum absolute atomic E-state index is 13.5. The van der Waals surface area contributed by atoms with Gasteiger partial charge in [0.05, 0.1) is 16.5 Å². The van der Waals surface area contributed by atoms with Crippen molar-refractivity contribution in [2.75, 3.05) is 16.4 Å². The Morgan fingerprint density at radius 3 is 2.42 bits per heavy atom. The van der Waals surface area contributed by atoms with Crippen LogP contribution in [0.15, 0.2) is 55.0 Å². The van der Waals surface area contributed by atoms with Gasteiger partial charge in [0.2, 0.25) is 0 Å². The van der Waals surface area contributed by atoms with Crippen LogP contribution in [-0.2, 0) is 6.18 Å². The van der Waals surface area contributed by atoms with Crippen LogP contribution >= 0.6 is 0 Å². The first-order valence-corrected chi connectivity index (χ1v) is 11.8. The Bertz CT molecular complexity index is 1540. The van der Waals surface area contributed by atoms with E-state index in [9.17, 15) is 27.2 Å². The molecule has 2 amide bonds. The first-order valence-electron chi connectivity index (χ1n) is 11.8. The van der Waals surface area contributed by atoms with Crippen LogP contribution in [0.4, 0.5) is 39.5 Å². The van der Waals surface area contributed by atoms with Crippen LogP contribution in [0.5, 0.6) is 0 Å². The van der Waals surface area contributed by atoms with Crippen molar-refractivity contribution >= 4 is 40.0 Å². The van der Waals surface area contributed by atoms with E-state index in [4.69, 9.17) is 5.73 Å². The minimum atomic E-state index is -4.91. The van der Waals surface area contributed by atoms with Crippen LogP contribution in [0.25, 0.3) is 11.0 Å². The molecule has 5 rings (SSSR count). The molecule has 0 bridgehead atoms. The number of alkyl halides is 3. The average molecular weight is 526 g/mol. The van der Waals surface area contributed by atoms with E-state index < -0.39 is 23.6 Å². The summed E-state index contributed by atoms with van der Waals surface area (Å²) >= 11 is 0. The third-order valence-corrected chi connectivity index (χ3v) is 6.51. The highest BCUT2D eigenvalue weighted by Gasteiger charge is 2.34. The van der Waals surface area contributed by atoms with Gasteiger partial charge >= 0.3 is 12.2 Å². The van der Waals surface area contributed by atoms with Gasteiger partial charge in [0, 0.05) is 29.2 Å². The van der Waals surface area contributed by atoms with Gasteiger partial charge in [-0.2, -0.15) is 13.2 Å². The lowest BCUT2D eigenvalue weighted by atomic mass is 10.0. The number of benzene rings is 2. The predicted molar refractivity (Wildman–Crippen MR) is 133 cm³/mol. The standard InChI is InChI=1S/C26H22F4N6O2/c27-20-9-8-16(11-19(20)26(28,29)30)35-25(38)34-15-5-3-4-14(10-15)22(37)18-12-36(17-6-1-2-7-17)24-21(18)23(31)32-13-33-24/h3-5,8-13,17H,1-2,6-7H2,(H2,31,32,33)(H2,34,35,38). The number of nitrogen functional groups attached to an aromatic ring is 1. The van der Waals surface area contributed by atoms with Gasteiger partial charge in [-0.3, -0.25) is 4.79 Å². The van der Waals surface area contributed by atoms with E-state index in [1.54, 1.807) is 18.3 Å². The van der Waals surface area contributed by atoms with Gasteiger partial charge < -0.3 is 20.9 Å². The Balaban J connectivity index is 1.39. The number of hydrogen-bond donors (Lipinski definition) is 3. The van der Waals surface area contributed by atoms with Crippen LogP contribution in [0.1, 0.15) is 53.2 Å². The fourth-order valence-electron chi connectivity index (χ4n) is 4.75. The van der Waals surface area contributed by atoms with Crippen molar-refractivity contribution in [3.8, 4) is 0 Å². The summed E-state index contributed by atoms with van der Waals surface area (Å²) in [6.07, 6.45) is 2.29. The highest BCUT2D eigenvalue weighted by atomic mass is 19.4. The normalized spacial score (nSPS) is 14.1. The quantitative estimate of drug-likeness (QED) is 0.213. The van der Waals surface area contributed by atoms with Crippen LogP contribution in [0.2, 0.25) is 0 Å². The Labute approximate surface area is 213 Å². The lowest BCUT2D eigenvalue weighted by Gasteiger charge is -2.12. The lowest BCUT2D eigenvalue weighted by molar-refractivity contribution is -0.139. The van der Waals surface area contributed by atoms with E-state index in [1.165, 1.54) is 18.5 Å². The number of carbonyl (C=O) groups is 2. The van der Waals surface area contributed by atoms with Crippen LogP contribution in [-0.4, -0.2) is 26.3 Å². The fourth-order valence-corrected chi connectivity index (χ4v) is 4.75. The number of rotatable bonds is 5. The Hall–Kier alpha value is -4.48. The van der Waals surface area contributed by atoms with Crippen LogP contribution < -0.4 is 16.4 Å². The second kappa shape index (κ2) is 9.77. The highest BCUT2D eigenvalue weighted by molar-refractivity contribution is 6.18. The number of ketones is 1. The highest BCUT2D eigenvalue weighted by Crippen LogP contribution is 2.36. The van der Waals surface area contributed by atoms with Gasteiger partial charge in [0.25, 0.3) is 0 Å². The SMILES string of the molecule is Nc1ncnc2c1c(C(=O)c1cccc(NC(=O)Nc3ccc(F)c(C(F)(F)F)c3)c1)cn2C1CCCC1. The number of amides is 2. The molecule has 2 aromatic carbocycles. The number of hydrogen-bond acceptors (Lipinski definition) is 5. The molecule has 1 aliphatic rings. The Kier molecular flexibility index (Phi) is 6.47. The number of urea groups is 1. The van der Waals surface area contributed by atoms with E-state index in [1.807, 2.05) is 4.57 Å². The van der Waals surface area contributed by atoms with E-state index in [0.29, 0.717) is 28.7 Å². The van der Waals surface area contributed by atoms with E-state index >= 15 is 0 Å². The molecule has 0 atom stereocenters. The van der Waals surface area contributed by atoms with Gasteiger partial charge in [-0.05, 0) is 43.2 Å². The summed E-state index contributed by atoms with van der Waals surface area (Å²) in [5, 5.41) is 5.17. The van der Waals surface area contributed by atoms with Crippen molar-refractivity contribution in [3.05, 3.63) is 77.5 Å². The summed E-state index contributed by atoms with van der Waals surface area (Å²) in [5.41, 5.74) is 5.76. The minimum absolute atomic E-state index is 0.182. The molecule has 38 heavy (non-hydrogen) atoms. The summed E-state index contributed by atoms with van der Waals surface area (Å²) in [6, 6.07) is 7.54. The zero-order valence-electron chi connectivity index (χ0n) is 19.8. The summed E-state index contributed by atoms with van der Waals surface area (Å²) in [7, 11) is 0. The number of halogens is 4. The number of aromatic nitrogens is 3. The molecule has 0 radical (unpaired) electrons. The molecule has 4 aromatic rings. The smallest absolute Gasteiger partial charge is 0.383 e. The fraction of sp³-hybridized carbons (Fsp3) is 0.231. The molecular weight excluding hydrogens is 504 g/mol. The lowest BCUT2D eigenvalue weighted by Crippen LogP contribution is -2.20. The monoisotopic (exact) mass is 526 g/mol. The second-order valence-electron chi connectivity index (χ2n) is 9.03. The molecule has 12 heteroatoms. The van der Waals surface area contributed by atoms with Crippen molar-refractivity contribution < 1.29 is 27.2 Å². The molecule has 196 valence electrons. The molecular formula is C26H22F4N6O2. The third-order valence-electron chi connectivity index (χ3n) is 6.51. The number of nitrogens with one attached hydrogen (secondary N) is 2. The number of anilines is 3. The van der Waals surface area contributed by atoms with Crippen molar-refractivity contribution in [3.63, 3.8) is 0 Å². The molecule has 2 aromatic heterocycles. The molecule has 0 unspecified atom stereocenters. The first-order chi connectivity index (χ1) is 18.1. The molecule has 0 spiro atoms. The number of nitrogens with two attached hydrogens (primary N) is 1. The number of carbonyl (C=O) groups excluding carboxylic acids is 2. The number of nitrogens with zero attached hydrogens (tertiary/aromatic N) is 3. The number of fused-ring (bicyclic) bond motifs is 1. The van der Waals surface area contributed by atoms with Crippen molar-refractivity contribution in [2.24, 2.45) is 0 Å². The van der Waals surface area contributed by atoms with E-state index in [0.717, 1.165) is 31.7 Å². The largest absolute Gasteiger partial charge is 0.419 e. The van der Waals surface area contributed by atoms with Crippen molar-refractivity contribution in [1.29, 1.82) is 0 Å². The average Bonchev–Trinajstić information content (AvgIpc) is 3.53. The zero-order chi connectivity index (χ0) is 27.0. The molecule has 4 N–H and O–H groups in total. The van der Waals surface area contributed by atoms with Crippen LogP contribution in [0.3, 0.4) is 0 Å². The van der Waals surface area contributed by atoms with Gasteiger partial charge in [-0.1, -0.05) is 25.0 Å². The van der Waals surface area contributed by atoms with Gasteiger partial charge in [0.15, 0.2) is 5.78 Å². The first kappa shape index (κ1) is 25.2. The maximum atomic E-state index is 13.5. The second-order valence-corrected chi connectivity index (χ2v) is 9.03. The molecule has 1 saturated carbocycles. The summed E-state index contributed by atoms with van der Waals surface area (Å²) in [4.78, 5) is 34.4. The summed E-state index contributed by atoms with van der Waals surface area (Å²) in [5.74, 6) is -1.62. The molecule has 0 saturated heterocycles. The minimum Gasteiger partial charge on any atom is -0.383 e. The Morgan fingerprint density at radius 2 is 1.71 bits per heavy atom.